The molecule has 1 aliphatic rings. The molecule has 126 valence electrons. The molecule has 1 unspecified atom stereocenters. The second kappa shape index (κ2) is 8.67. The van der Waals surface area contributed by atoms with Crippen molar-refractivity contribution >= 4 is 12.2 Å². The van der Waals surface area contributed by atoms with Crippen LogP contribution in [0.3, 0.4) is 0 Å². The molecule has 0 saturated carbocycles. The molecule has 1 saturated heterocycles. The van der Waals surface area contributed by atoms with Crippen LogP contribution >= 0.6 is 0 Å². The van der Waals surface area contributed by atoms with E-state index in [2.05, 4.69) is 42.5 Å². The van der Waals surface area contributed by atoms with Crippen LogP contribution in [0.2, 0.25) is 0 Å². The highest BCUT2D eigenvalue weighted by Gasteiger charge is 2.13. The summed E-state index contributed by atoms with van der Waals surface area (Å²) < 4.78 is 16.6. The average molecular weight is 324 g/mol. The van der Waals surface area contributed by atoms with Gasteiger partial charge in [0.15, 0.2) is 6.29 Å². The van der Waals surface area contributed by atoms with E-state index in [9.17, 15) is 0 Å². The summed E-state index contributed by atoms with van der Waals surface area (Å²) in [4.78, 5) is 0. The maximum absolute atomic E-state index is 5.81. The molecule has 2 aromatic rings. The van der Waals surface area contributed by atoms with Crippen LogP contribution in [0.15, 0.2) is 48.5 Å². The van der Waals surface area contributed by atoms with Gasteiger partial charge in [-0.25, -0.2) is 0 Å². The number of rotatable bonds is 6. The Hall–Kier alpha value is -2.10. The molecular formula is C21H24O3. The molecule has 0 aliphatic carbocycles. The first-order valence-electron chi connectivity index (χ1n) is 8.48. The largest absolute Gasteiger partial charge is 0.497 e. The highest BCUT2D eigenvalue weighted by atomic mass is 16.7. The lowest BCUT2D eigenvalue weighted by molar-refractivity contribution is -0.168. The monoisotopic (exact) mass is 324 g/mol. The van der Waals surface area contributed by atoms with E-state index in [1.165, 1.54) is 12.0 Å². The van der Waals surface area contributed by atoms with Crippen molar-refractivity contribution in [3.8, 4) is 5.75 Å². The first kappa shape index (κ1) is 16.7. The van der Waals surface area contributed by atoms with Gasteiger partial charge in [0.2, 0.25) is 0 Å². The van der Waals surface area contributed by atoms with Crippen molar-refractivity contribution in [3.63, 3.8) is 0 Å². The molecule has 0 amide bonds. The zero-order valence-electron chi connectivity index (χ0n) is 14.1. The zero-order valence-corrected chi connectivity index (χ0v) is 14.1. The van der Waals surface area contributed by atoms with Gasteiger partial charge in [-0.3, -0.25) is 0 Å². The Morgan fingerprint density at radius 1 is 1.04 bits per heavy atom. The van der Waals surface area contributed by atoms with E-state index in [1.54, 1.807) is 7.11 Å². The molecule has 0 radical (unpaired) electrons. The first-order chi connectivity index (χ1) is 11.8. The van der Waals surface area contributed by atoms with Crippen LogP contribution < -0.4 is 4.74 Å². The standard InChI is InChI=1S/C21H24O3/c1-22-20-6-4-5-18(15-20)11-8-17-9-12-19(13-10-17)16-24-21-7-2-3-14-23-21/h4-6,8-13,15,21H,2-3,7,14,16H2,1H3/b11-8+. The quantitative estimate of drug-likeness (QED) is 0.707. The third-order valence-corrected chi connectivity index (χ3v) is 4.12. The summed E-state index contributed by atoms with van der Waals surface area (Å²) in [6.45, 7) is 1.42. The van der Waals surface area contributed by atoms with Crippen molar-refractivity contribution in [1.29, 1.82) is 0 Å². The molecule has 1 atom stereocenters. The van der Waals surface area contributed by atoms with Crippen LogP contribution in [0, 0.1) is 0 Å². The van der Waals surface area contributed by atoms with Gasteiger partial charge in [-0.15, -0.1) is 0 Å². The molecule has 1 aliphatic heterocycles. The SMILES string of the molecule is COc1cccc(/C=C/c2ccc(COC3CCCCO3)cc2)c1. The van der Waals surface area contributed by atoms with Gasteiger partial charge in [-0.05, 0) is 48.1 Å². The van der Waals surface area contributed by atoms with Crippen molar-refractivity contribution < 1.29 is 14.2 Å². The molecule has 24 heavy (non-hydrogen) atoms. The minimum absolute atomic E-state index is 0.0358. The predicted molar refractivity (Wildman–Crippen MR) is 96.7 cm³/mol. The molecule has 3 heteroatoms. The molecule has 0 bridgehead atoms. The fourth-order valence-electron chi connectivity index (χ4n) is 2.69. The number of methoxy groups -OCH3 is 1. The average Bonchev–Trinajstić information content (AvgIpc) is 2.66. The molecule has 1 fully saturated rings. The molecular weight excluding hydrogens is 300 g/mol. The lowest BCUT2D eigenvalue weighted by Gasteiger charge is -2.22. The second-order valence-corrected chi connectivity index (χ2v) is 5.96. The predicted octanol–water partition coefficient (Wildman–Crippen LogP) is 4.91. The third kappa shape index (κ3) is 4.95. The molecule has 0 aromatic heterocycles. The Labute approximate surface area is 143 Å². The maximum atomic E-state index is 5.81. The van der Waals surface area contributed by atoms with E-state index in [1.807, 2.05) is 18.2 Å². The molecule has 3 rings (SSSR count). The van der Waals surface area contributed by atoms with Crippen molar-refractivity contribution in [2.45, 2.75) is 32.2 Å². The van der Waals surface area contributed by atoms with Crippen LogP contribution in [0.25, 0.3) is 12.2 Å². The van der Waals surface area contributed by atoms with Crippen molar-refractivity contribution in [2.24, 2.45) is 0 Å². The Balaban J connectivity index is 1.54. The van der Waals surface area contributed by atoms with Gasteiger partial charge in [0, 0.05) is 6.61 Å². The number of hydrogen-bond acceptors (Lipinski definition) is 3. The summed E-state index contributed by atoms with van der Waals surface area (Å²) in [7, 11) is 1.68. The molecule has 1 heterocycles. The van der Waals surface area contributed by atoms with Gasteiger partial charge in [0.25, 0.3) is 0 Å². The highest BCUT2D eigenvalue weighted by molar-refractivity contribution is 5.70. The smallest absolute Gasteiger partial charge is 0.158 e. The fourth-order valence-corrected chi connectivity index (χ4v) is 2.69. The van der Waals surface area contributed by atoms with Gasteiger partial charge in [0.05, 0.1) is 13.7 Å². The minimum Gasteiger partial charge on any atom is -0.497 e. The van der Waals surface area contributed by atoms with Crippen molar-refractivity contribution in [2.75, 3.05) is 13.7 Å². The van der Waals surface area contributed by atoms with Crippen LogP contribution in [-0.4, -0.2) is 20.0 Å². The van der Waals surface area contributed by atoms with Gasteiger partial charge in [0.1, 0.15) is 5.75 Å². The van der Waals surface area contributed by atoms with Gasteiger partial charge in [-0.2, -0.15) is 0 Å². The van der Waals surface area contributed by atoms with Gasteiger partial charge in [-0.1, -0.05) is 48.6 Å². The van der Waals surface area contributed by atoms with Crippen molar-refractivity contribution in [3.05, 3.63) is 65.2 Å². The van der Waals surface area contributed by atoms with Crippen LogP contribution in [0.1, 0.15) is 36.0 Å². The topological polar surface area (TPSA) is 27.7 Å². The van der Waals surface area contributed by atoms with E-state index in [-0.39, 0.29) is 6.29 Å². The Morgan fingerprint density at radius 3 is 2.62 bits per heavy atom. The summed E-state index contributed by atoms with van der Waals surface area (Å²) in [6.07, 6.45) is 7.49. The normalized spacial score (nSPS) is 18.0. The summed E-state index contributed by atoms with van der Waals surface area (Å²) in [6, 6.07) is 16.4. The molecule has 3 nitrogen and oxygen atoms in total. The molecule has 0 N–H and O–H groups in total. The van der Waals surface area contributed by atoms with E-state index < -0.39 is 0 Å². The lowest BCUT2D eigenvalue weighted by atomic mass is 10.1. The van der Waals surface area contributed by atoms with Crippen LogP contribution in [0.5, 0.6) is 5.75 Å². The Morgan fingerprint density at radius 2 is 1.88 bits per heavy atom. The summed E-state index contributed by atoms with van der Waals surface area (Å²) in [5.41, 5.74) is 3.45. The number of benzene rings is 2. The van der Waals surface area contributed by atoms with E-state index >= 15 is 0 Å². The minimum atomic E-state index is -0.0358. The summed E-state index contributed by atoms with van der Waals surface area (Å²) in [5.74, 6) is 0.870. The Kier molecular flexibility index (Phi) is 6.05. The van der Waals surface area contributed by atoms with Crippen LogP contribution in [0.4, 0.5) is 0 Å². The zero-order chi connectivity index (χ0) is 16.6. The van der Waals surface area contributed by atoms with Gasteiger partial charge >= 0.3 is 0 Å². The second-order valence-electron chi connectivity index (χ2n) is 5.96. The van der Waals surface area contributed by atoms with E-state index in [0.717, 1.165) is 36.3 Å². The first-order valence-corrected chi connectivity index (χ1v) is 8.48. The fraction of sp³-hybridized carbons (Fsp3) is 0.333. The highest BCUT2D eigenvalue weighted by Crippen LogP contribution is 2.17. The van der Waals surface area contributed by atoms with Crippen LogP contribution in [-0.2, 0) is 16.1 Å². The molecule has 2 aromatic carbocycles. The summed E-state index contributed by atoms with van der Waals surface area (Å²) in [5, 5.41) is 0. The van der Waals surface area contributed by atoms with Crippen molar-refractivity contribution in [1.82, 2.24) is 0 Å². The maximum Gasteiger partial charge on any atom is 0.158 e. The Bertz CT molecular complexity index is 655. The van der Waals surface area contributed by atoms with E-state index in [0.29, 0.717) is 6.61 Å². The van der Waals surface area contributed by atoms with E-state index in [4.69, 9.17) is 14.2 Å². The lowest BCUT2D eigenvalue weighted by Crippen LogP contribution is -2.21. The number of ether oxygens (including phenoxy) is 3. The number of hydrogen-bond donors (Lipinski definition) is 0. The molecule has 0 spiro atoms. The van der Waals surface area contributed by atoms with Gasteiger partial charge < -0.3 is 14.2 Å². The summed E-state index contributed by atoms with van der Waals surface area (Å²) >= 11 is 0. The third-order valence-electron chi connectivity index (χ3n) is 4.12.